The van der Waals surface area contributed by atoms with Crippen LogP contribution >= 0.6 is 0 Å². The molecule has 0 unspecified atom stereocenters. The molecule has 8 heteroatoms. The van der Waals surface area contributed by atoms with Crippen molar-refractivity contribution in [3.63, 3.8) is 0 Å². The van der Waals surface area contributed by atoms with E-state index in [-0.39, 0.29) is 6.61 Å². The summed E-state index contributed by atoms with van der Waals surface area (Å²) in [5, 5.41) is 0. The van der Waals surface area contributed by atoms with Crippen LogP contribution in [0.25, 0.3) is 3.62 Å². The number of hydrogen-bond acceptors (Lipinski definition) is 7. The zero-order valence-electron chi connectivity index (χ0n) is 20.3. The van der Waals surface area contributed by atoms with Gasteiger partial charge in [0.25, 0.3) is 0 Å². The quantitative estimate of drug-likeness (QED) is 0.264. The fourth-order valence-electron chi connectivity index (χ4n) is 3.77. The minimum atomic E-state index is -0.880. The molecule has 7 nitrogen and oxygen atoms in total. The Labute approximate surface area is 215 Å². The van der Waals surface area contributed by atoms with Gasteiger partial charge < -0.3 is 0 Å². The predicted molar refractivity (Wildman–Crippen MR) is 132 cm³/mol. The summed E-state index contributed by atoms with van der Waals surface area (Å²) < 4.78 is 24.9. The molecule has 35 heavy (non-hydrogen) atoms. The van der Waals surface area contributed by atoms with Crippen LogP contribution in [0.3, 0.4) is 0 Å². The Morgan fingerprint density at radius 2 is 1.60 bits per heavy atom. The van der Waals surface area contributed by atoms with Crippen molar-refractivity contribution in [1.29, 1.82) is 0 Å². The Morgan fingerprint density at radius 1 is 0.943 bits per heavy atom. The van der Waals surface area contributed by atoms with Crippen molar-refractivity contribution < 1.29 is 33.3 Å². The zero-order chi connectivity index (χ0) is 25.4. The van der Waals surface area contributed by atoms with Crippen LogP contribution in [0.15, 0.2) is 60.7 Å². The minimum absolute atomic E-state index is 0.120. The molecule has 2 aromatic carbocycles. The zero-order valence-corrected chi connectivity index (χ0v) is 22.6. The molecule has 4 atom stereocenters. The van der Waals surface area contributed by atoms with Crippen LogP contribution in [0.1, 0.15) is 38.3 Å². The van der Waals surface area contributed by atoms with Crippen molar-refractivity contribution in [2.45, 2.75) is 58.5 Å². The fraction of sp³-hybridized carbons (Fsp3) is 0.370. The average molecular weight is 594 g/mol. The number of rotatable bonds is 8. The standard InChI is InChI=1S/C27H30O7Te/c1-17-10-12-23(13-11-17)35-26(21-8-6-5-7-9-21)15-22-14-24(32-19(3)29)27(33-20(4)30)25(34-22)16-31-18(2)28/h5-13,15,22,24-25,27H,14,16H2,1-4H3/b26-15+/t22-,24+,25+,27-/m0/s1. The Balaban J connectivity index is 1.94. The first kappa shape index (κ1) is 26.9. The van der Waals surface area contributed by atoms with Gasteiger partial charge in [0.2, 0.25) is 0 Å². The Kier molecular flexibility index (Phi) is 9.91. The van der Waals surface area contributed by atoms with Gasteiger partial charge in [-0.3, -0.25) is 0 Å². The molecule has 1 aliphatic rings. The van der Waals surface area contributed by atoms with E-state index in [9.17, 15) is 14.4 Å². The molecule has 2 aromatic rings. The number of esters is 3. The van der Waals surface area contributed by atoms with Crippen molar-refractivity contribution in [1.82, 2.24) is 0 Å². The molecule has 1 heterocycles. The molecule has 0 aliphatic carbocycles. The Bertz CT molecular complexity index is 1050. The van der Waals surface area contributed by atoms with Gasteiger partial charge in [-0.1, -0.05) is 0 Å². The fourth-order valence-corrected chi connectivity index (χ4v) is 6.62. The van der Waals surface area contributed by atoms with Crippen molar-refractivity contribution in [2.75, 3.05) is 6.61 Å². The van der Waals surface area contributed by atoms with Gasteiger partial charge in [0, 0.05) is 0 Å². The molecule has 3 rings (SSSR count). The summed E-state index contributed by atoms with van der Waals surface area (Å²) in [6.45, 7) is 5.83. The van der Waals surface area contributed by atoms with Crippen LogP contribution in [0, 0.1) is 6.92 Å². The van der Waals surface area contributed by atoms with Crippen molar-refractivity contribution in [3.05, 3.63) is 71.8 Å². The van der Waals surface area contributed by atoms with Crippen molar-refractivity contribution >= 4 is 46.1 Å². The second kappa shape index (κ2) is 12.9. The third kappa shape index (κ3) is 8.50. The topological polar surface area (TPSA) is 88.1 Å². The second-order valence-electron chi connectivity index (χ2n) is 8.29. The average Bonchev–Trinajstić information content (AvgIpc) is 2.80. The van der Waals surface area contributed by atoms with E-state index in [1.54, 1.807) is 0 Å². The van der Waals surface area contributed by atoms with E-state index in [0.29, 0.717) is 6.42 Å². The molecule has 0 aromatic heterocycles. The van der Waals surface area contributed by atoms with Gasteiger partial charge in [-0.15, -0.1) is 0 Å². The van der Waals surface area contributed by atoms with Gasteiger partial charge >= 0.3 is 216 Å². The van der Waals surface area contributed by atoms with Crippen molar-refractivity contribution in [3.8, 4) is 0 Å². The normalized spacial score (nSPS) is 22.2. The maximum atomic E-state index is 11.8. The van der Waals surface area contributed by atoms with E-state index in [4.69, 9.17) is 18.9 Å². The molecule has 186 valence electrons. The van der Waals surface area contributed by atoms with Crippen LogP contribution in [0.5, 0.6) is 0 Å². The molecule has 0 radical (unpaired) electrons. The molecule has 0 amide bonds. The van der Waals surface area contributed by atoms with Gasteiger partial charge in [-0.25, -0.2) is 0 Å². The molecular formula is C27H30O7Te. The summed E-state index contributed by atoms with van der Waals surface area (Å²) in [6, 6.07) is 18.6. The van der Waals surface area contributed by atoms with E-state index in [1.165, 1.54) is 33.6 Å². The van der Waals surface area contributed by atoms with Gasteiger partial charge in [-0.05, 0) is 0 Å². The third-order valence-corrected chi connectivity index (χ3v) is 8.40. The molecule has 0 saturated carbocycles. The van der Waals surface area contributed by atoms with Crippen LogP contribution in [0.2, 0.25) is 0 Å². The Morgan fingerprint density at radius 3 is 2.20 bits per heavy atom. The second-order valence-corrected chi connectivity index (χ2v) is 11.5. The van der Waals surface area contributed by atoms with E-state index in [0.717, 1.165) is 5.56 Å². The molecule has 1 aliphatic heterocycles. The van der Waals surface area contributed by atoms with Gasteiger partial charge in [0.1, 0.15) is 0 Å². The van der Waals surface area contributed by atoms with E-state index in [2.05, 4.69) is 49.4 Å². The first-order chi connectivity index (χ1) is 16.7. The molecule has 0 N–H and O–H groups in total. The number of carbonyl (C=O) groups is 3. The van der Waals surface area contributed by atoms with E-state index >= 15 is 0 Å². The first-order valence-corrected chi connectivity index (χ1v) is 13.7. The van der Waals surface area contributed by atoms with E-state index in [1.807, 2.05) is 18.2 Å². The molecule has 0 bridgehead atoms. The summed E-state index contributed by atoms with van der Waals surface area (Å²) in [5.41, 5.74) is 2.30. The monoisotopic (exact) mass is 596 g/mol. The SMILES string of the molecule is CC(=O)OC[C@H]1O[C@H](/C=C(/[Te]c2ccc(C)cc2)c2ccccc2)C[C@@H](OC(C)=O)[C@@H]1OC(C)=O. The van der Waals surface area contributed by atoms with E-state index < -0.39 is 63.2 Å². The summed E-state index contributed by atoms with van der Waals surface area (Å²) in [5.74, 6) is -1.50. The Hall–Kier alpha value is -2.66. The summed E-state index contributed by atoms with van der Waals surface area (Å²) >= 11 is -0.767. The summed E-state index contributed by atoms with van der Waals surface area (Å²) in [7, 11) is 0. The third-order valence-electron chi connectivity index (χ3n) is 5.26. The van der Waals surface area contributed by atoms with Gasteiger partial charge in [0.15, 0.2) is 0 Å². The molecule has 1 fully saturated rings. The predicted octanol–water partition coefficient (Wildman–Crippen LogP) is 2.95. The molecular weight excluding hydrogens is 564 g/mol. The maximum absolute atomic E-state index is 11.8. The van der Waals surface area contributed by atoms with Crippen LogP contribution < -0.4 is 3.61 Å². The van der Waals surface area contributed by atoms with Gasteiger partial charge in [-0.2, -0.15) is 0 Å². The number of carbonyl (C=O) groups excluding carboxylic acids is 3. The summed E-state index contributed by atoms with van der Waals surface area (Å²) in [6.07, 6.45) is -0.445. The van der Waals surface area contributed by atoms with Crippen LogP contribution in [-0.2, 0) is 33.3 Å². The van der Waals surface area contributed by atoms with Gasteiger partial charge in [0.05, 0.1) is 0 Å². The number of benzene rings is 2. The van der Waals surface area contributed by atoms with Crippen LogP contribution in [0.4, 0.5) is 0 Å². The van der Waals surface area contributed by atoms with Crippen LogP contribution in [-0.4, -0.2) is 69.9 Å². The number of ether oxygens (including phenoxy) is 4. The van der Waals surface area contributed by atoms with Crippen molar-refractivity contribution in [2.24, 2.45) is 0 Å². The first-order valence-electron chi connectivity index (χ1n) is 11.4. The number of aryl methyl sites for hydroxylation is 1. The molecule has 0 spiro atoms. The summed E-state index contributed by atoms with van der Waals surface area (Å²) in [4.78, 5) is 35.1. The number of hydrogen-bond donors (Lipinski definition) is 0. The molecule has 1 saturated heterocycles.